The number of hydrogen-bond acceptors (Lipinski definition) is 4. The van der Waals surface area contributed by atoms with Crippen LogP contribution in [0.25, 0.3) is 0 Å². The lowest BCUT2D eigenvalue weighted by Gasteiger charge is -2.43. The summed E-state index contributed by atoms with van der Waals surface area (Å²) in [6, 6.07) is 4.97. The molecule has 142 valence electrons. The van der Waals surface area contributed by atoms with Gasteiger partial charge in [0.05, 0.1) is 11.3 Å². The Morgan fingerprint density at radius 3 is 2.59 bits per heavy atom. The second kappa shape index (κ2) is 5.86. The minimum absolute atomic E-state index is 0.0295. The van der Waals surface area contributed by atoms with Crippen molar-refractivity contribution in [2.45, 2.75) is 62.1 Å². The molecule has 3 fully saturated rings. The van der Waals surface area contributed by atoms with Crippen LogP contribution in [0, 0.1) is 5.95 Å². The number of aliphatic hydroxyl groups is 1. The molecule has 1 unspecified atom stereocenters. The summed E-state index contributed by atoms with van der Waals surface area (Å²) in [6.07, 6.45) is 6.00. The third-order valence-electron chi connectivity index (χ3n) is 6.37. The molecule has 2 bridgehead atoms. The van der Waals surface area contributed by atoms with E-state index in [2.05, 4.69) is 10.1 Å². The molecular weight excluding hydrogens is 347 g/mol. The Kier molecular flexibility index (Phi) is 3.66. The maximum Gasteiger partial charge on any atom is 0.272 e. The number of fused-ring (bicyclic) bond motifs is 2. The van der Waals surface area contributed by atoms with Gasteiger partial charge in [-0.3, -0.25) is 9.48 Å². The molecule has 4 heterocycles. The Balaban J connectivity index is 1.42. The number of carbonyl (C=O) groups is 1. The SMILES string of the molecule is Cn1nc(C2CC2)cc1C(=O)N1[C@@H]2CC[C@H]1CC(O)(c1cccnc1F)C2. The van der Waals surface area contributed by atoms with Crippen LogP contribution in [0.3, 0.4) is 0 Å². The number of aryl methyl sites for hydroxylation is 1. The van der Waals surface area contributed by atoms with Crippen LogP contribution in [0.2, 0.25) is 0 Å². The van der Waals surface area contributed by atoms with E-state index in [1.807, 2.05) is 18.0 Å². The third kappa shape index (κ3) is 2.67. The molecule has 2 saturated heterocycles. The average Bonchev–Trinajstić information content (AvgIpc) is 3.35. The summed E-state index contributed by atoms with van der Waals surface area (Å²) >= 11 is 0. The van der Waals surface area contributed by atoms with E-state index >= 15 is 0 Å². The molecular formula is C20H23FN4O2. The Morgan fingerprint density at radius 2 is 1.96 bits per heavy atom. The van der Waals surface area contributed by atoms with Crippen LogP contribution in [0.5, 0.6) is 0 Å². The minimum atomic E-state index is -1.27. The van der Waals surface area contributed by atoms with Crippen LogP contribution >= 0.6 is 0 Å². The van der Waals surface area contributed by atoms with Gasteiger partial charge in [-0.05, 0) is 37.8 Å². The standard InChI is InChI=1S/C20H23FN4O2/c1-24-17(9-16(23-24)12-4-5-12)19(26)25-13-6-7-14(25)11-20(27,10-13)15-3-2-8-22-18(15)21/h2-3,8-9,12-14,27H,4-7,10-11H2,1H3/t13-,14+,20?. The Hall–Kier alpha value is -2.28. The van der Waals surface area contributed by atoms with Gasteiger partial charge in [0.2, 0.25) is 5.95 Å². The van der Waals surface area contributed by atoms with E-state index < -0.39 is 11.5 Å². The van der Waals surface area contributed by atoms with Gasteiger partial charge in [0, 0.05) is 49.7 Å². The number of amides is 1. The first-order valence-electron chi connectivity index (χ1n) is 9.66. The molecule has 3 aliphatic rings. The summed E-state index contributed by atoms with van der Waals surface area (Å²) < 4.78 is 15.9. The van der Waals surface area contributed by atoms with E-state index in [1.54, 1.807) is 16.8 Å². The molecule has 0 radical (unpaired) electrons. The highest BCUT2D eigenvalue weighted by atomic mass is 19.1. The summed E-state index contributed by atoms with van der Waals surface area (Å²) in [5.41, 5.74) is 0.573. The highest BCUT2D eigenvalue weighted by Crippen LogP contribution is 2.47. The molecule has 1 saturated carbocycles. The van der Waals surface area contributed by atoms with Crippen LogP contribution in [0.15, 0.2) is 24.4 Å². The monoisotopic (exact) mass is 370 g/mol. The van der Waals surface area contributed by atoms with Gasteiger partial charge in [-0.15, -0.1) is 0 Å². The molecule has 2 aromatic heterocycles. The van der Waals surface area contributed by atoms with Gasteiger partial charge in [0.1, 0.15) is 5.69 Å². The van der Waals surface area contributed by atoms with Crippen LogP contribution in [0.4, 0.5) is 4.39 Å². The van der Waals surface area contributed by atoms with Crippen LogP contribution in [-0.4, -0.2) is 42.8 Å². The minimum Gasteiger partial charge on any atom is -0.385 e. The van der Waals surface area contributed by atoms with Gasteiger partial charge in [-0.2, -0.15) is 9.49 Å². The van der Waals surface area contributed by atoms with Crippen molar-refractivity contribution in [1.29, 1.82) is 0 Å². The lowest BCUT2D eigenvalue weighted by Crippen LogP contribution is -2.52. The van der Waals surface area contributed by atoms with E-state index in [4.69, 9.17) is 0 Å². The van der Waals surface area contributed by atoms with Crippen molar-refractivity contribution >= 4 is 5.91 Å². The van der Waals surface area contributed by atoms with E-state index in [9.17, 15) is 14.3 Å². The predicted molar refractivity (Wildman–Crippen MR) is 95.5 cm³/mol. The summed E-state index contributed by atoms with van der Waals surface area (Å²) in [4.78, 5) is 18.8. The predicted octanol–water partition coefficient (Wildman–Crippen LogP) is 2.49. The molecule has 2 aliphatic heterocycles. The summed E-state index contributed by atoms with van der Waals surface area (Å²) in [6.45, 7) is 0. The maximum atomic E-state index is 14.2. The Bertz CT molecular complexity index is 893. The summed E-state index contributed by atoms with van der Waals surface area (Å²) in [5.74, 6) is -0.160. The van der Waals surface area contributed by atoms with Gasteiger partial charge in [0.15, 0.2) is 0 Å². The van der Waals surface area contributed by atoms with E-state index in [0.717, 1.165) is 31.4 Å². The average molecular weight is 370 g/mol. The first-order valence-corrected chi connectivity index (χ1v) is 9.66. The highest BCUT2D eigenvalue weighted by molar-refractivity contribution is 5.93. The molecule has 5 rings (SSSR count). The molecule has 1 amide bonds. The van der Waals surface area contributed by atoms with Crippen LogP contribution < -0.4 is 0 Å². The number of carbonyl (C=O) groups excluding carboxylic acids is 1. The van der Waals surface area contributed by atoms with Gasteiger partial charge >= 0.3 is 0 Å². The van der Waals surface area contributed by atoms with Crippen molar-refractivity contribution < 1.29 is 14.3 Å². The van der Waals surface area contributed by atoms with Crippen LogP contribution in [-0.2, 0) is 12.6 Å². The molecule has 0 spiro atoms. The van der Waals surface area contributed by atoms with Crippen molar-refractivity contribution in [2.75, 3.05) is 0 Å². The van der Waals surface area contributed by atoms with Gasteiger partial charge < -0.3 is 10.0 Å². The third-order valence-corrected chi connectivity index (χ3v) is 6.37. The van der Waals surface area contributed by atoms with Crippen molar-refractivity contribution in [2.24, 2.45) is 7.05 Å². The zero-order chi connectivity index (χ0) is 18.8. The fourth-order valence-electron chi connectivity index (χ4n) is 4.91. The number of nitrogens with zero attached hydrogens (tertiary/aromatic N) is 4. The molecule has 0 aromatic carbocycles. The lowest BCUT2D eigenvalue weighted by atomic mass is 9.81. The topological polar surface area (TPSA) is 71.2 Å². The Morgan fingerprint density at radius 1 is 1.26 bits per heavy atom. The normalized spacial score (nSPS) is 30.0. The van der Waals surface area contributed by atoms with Gasteiger partial charge in [-0.1, -0.05) is 6.07 Å². The fourth-order valence-corrected chi connectivity index (χ4v) is 4.91. The highest BCUT2D eigenvalue weighted by Gasteiger charge is 2.51. The summed E-state index contributed by atoms with van der Waals surface area (Å²) in [5, 5.41) is 15.7. The van der Waals surface area contributed by atoms with Crippen molar-refractivity contribution in [3.63, 3.8) is 0 Å². The van der Waals surface area contributed by atoms with Crippen LogP contribution in [0.1, 0.15) is 66.2 Å². The molecule has 2 aromatic rings. The second-order valence-corrected chi connectivity index (χ2v) is 8.23. The van der Waals surface area contributed by atoms with Crippen molar-refractivity contribution in [1.82, 2.24) is 19.7 Å². The maximum absolute atomic E-state index is 14.2. The molecule has 1 N–H and O–H groups in total. The molecule has 6 nitrogen and oxygen atoms in total. The van der Waals surface area contributed by atoms with E-state index in [1.165, 1.54) is 6.20 Å². The van der Waals surface area contributed by atoms with Gasteiger partial charge in [-0.25, -0.2) is 4.98 Å². The van der Waals surface area contributed by atoms with Crippen molar-refractivity contribution in [3.05, 3.63) is 47.3 Å². The number of halogens is 1. The summed E-state index contributed by atoms with van der Waals surface area (Å²) in [7, 11) is 1.81. The zero-order valence-electron chi connectivity index (χ0n) is 15.3. The number of aromatic nitrogens is 3. The molecule has 3 atom stereocenters. The number of hydrogen-bond donors (Lipinski definition) is 1. The quantitative estimate of drug-likeness (QED) is 0.843. The first kappa shape index (κ1) is 16.9. The van der Waals surface area contributed by atoms with E-state index in [0.29, 0.717) is 24.5 Å². The molecule has 27 heavy (non-hydrogen) atoms. The second-order valence-electron chi connectivity index (χ2n) is 8.23. The smallest absolute Gasteiger partial charge is 0.272 e. The van der Waals surface area contributed by atoms with Gasteiger partial charge in [0.25, 0.3) is 5.91 Å². The number of rotatable bonds is 3. The fraction of sp³-hybridized carbons (Fsp3) is 0.550. The van der Waals surface area contributed by atoms with Crippen molar-refractivity contribution in [3.8, 4) is 0 Å². The lowest BCUT2D eigenvalue weighted by molar-refractivity contribution is -0.0506. The molecule has 7 heteroatoms. The number of pyridine rings is 1. The van der Waals surface area contributed by atoms with E-state index in [-0.39, 0.29) is 23.6 Å². The largest absolute Gasteiger partial charge is 0.385 e. The first-order chi connectivity index (χ1) is 13.0. The zero-order valence-corrected chi connectivity index (χ0v) is 15.3. The molecule has 1 aliphatic carbocycles. The Labute approximate surface area is 157 Å². The number of piperidine rings is 1.